The number of piperazine rings is 1. The molecule has 3 aromatic rings. The molecule has 164 valence electrons. The number of ether oxygens (including phenoxy) is 1. The Kier molecular flexibility index (Phi) is 4.99. The summed E-state index contributed by atoms with van der Waals surface area (Å²) in [6, 6.07) is 7.07. The Balaban J connectivity index is 1.38. The molecule has 1 aromatic carbocycles. The predicted molar refractivity (Wildman–Crippen MR) is 120 cm³/mol. The number of fused-ring (bicyclic) bond motifs is 1. The second kappa shape index (κ2) is 7.58. The van der Waals surface area contributed by atoms with Crippen molar-refractivity contribution in [2.75, 3.05) is 38.2 Å². The highest BCUT2D eigenvalue weighted by Gasteiger charge is 2.41. The molecule has 1 saturated heterocycles. The Bertz CT molecular complexity index is 1250. The number of methoxy groups -OCH3 is 1. The summed E-state index contributed by atoms with van der Waals surface area (Å²) in [6.45, 7) is 2.29. The zero-order valence-corrected chi connectivity index (χ0v) is 18.6. The molecule has 1 N–H and O–H groups in total. The minimum absolute atomic E-state index is 0.0397. The average Bonchev–Trinajstić information content (AvgIpc) is 3.55. The van der Waals surface area contributed by atoms with Crippen molar-refractivity contribution in [3.8, 4) is 22.8 Å². The Labute approximate surface area is 185 Å². The summed E-state index contributed by atoms with van der Waals surface area (Å²) < 4.78 is 33.5. The number of rotatable bonds is 5. The van der Waals surface area contributed by atoms with E-state index in [9.17, 15) is 13.5 Å². The number of nitrogens with zero attached hydrogens (tertiary/aromatic N) is 4. The maximum atomic E-state index is 12.5. The molecule has 0 radical (unpaired) electrons. The van der Waals surface area contributed by atoms with Gasteiger partial charge in [0, 0.05) is 62.0 Å². The first-order valence-corrected chi connectivity index (χ1v) is 12.0. The van der Waals surface area contributed by atoms with Gasteiger partial charge in [0.2, 0.25) is 10.0 Å². The molecule has 3 heterocycles. The number of anilines is 1. The Morgan fingerprint density at radius 3 is 2.58 bits per heavy atom. The van der Waals surface area contributed by atoms with Crippen molar-refractivity contribution in [1.29, 1.82) is 0 Å². The van der Waals surface area contributed by atoms with Gasteiger partial charge in [0.1, 0.15) is 17.1 Å². The number of halogens is 1. The largest absolute Gasteiger partial charge is 0.507 e. The lowest BCUT2D eigenvalue weighted by Crippen LogP contribution is -2.49. The summed E-state index contributed by atoms with van der Waals surface area (Å²) in [5.74, 6) is 0.440. The highest BCUT2D eigenvalue weighted by Crippen LogP contribution is 2.37. The number of aromatic hydroxyl groups is 1. The van der Waals surface area contributed by atoms with E-state index in [1.165, 1.54) is 13.2 Å². The molecule has 1 aliphatic heterocycles. The quantitative estimate of drug-likeness (QED) is 0.627. The second-order valence-electron chi connectivity index (χ2n) is 7.91. The number of sulfonamides is 1. The third-order valence-corrected chi connectivity index (χ3v) is 8.59. The molecule has 2 aromatic heterocycles. The van der Waals surface area contributed by atoms with Crippen molar-refractivity contribution in [2.45, 2.75) is 18.1 Å². The monoisotopic (exact) mass is 462 g/mol. The molecule has 0 atom stereocenters. The Morgan fingerprint density at radius 1 is 1.16 bits per heavy atom. The van der Waals surface area contributed by atoms with Crippen LogP contribution in [0.15, 0.2) is 36.7 Å². The lowest BCUT2D eigenvalue weighted by Gasteiger charge is -2.35. The minimum Gasteiger partial charge on any atom is -0.507 e. The zero-order valence-electron chi connectivity index (χ0n) is 17.0. The Morgan fingerprint density at radius 2 is 1.90 bits per heavy atom. The second-order valence-corrected chi connectivity index (χ2v) is 10.5. The molecule has 0 unspecified atom stereocenters. The molecule has 31 heavy (non-hydrogen) atoms. The summed E-state index contributed by atoms with van der Waals surface area (Å²) in [4.78, 5) is 6.83. The fourth-order valence-electron chi connectivity index (χ4n) is 3.98. The van der Waals surface area contributed by atoms with Crippen molar-refractivity contribution in [1.82, 2.24) is 13.7 Å². The maximum absolute atomic E-state index is 12.5. The van der Waals surface area contributed by atoms with Gasteiger partial charge in [0.05, 0.1) is 23.1 Å². The van der Waals surface area contributed by atoms with Crippen LogP contribution in [0, 0.1) is 0 Å². The SMILES string of the molecule is COc1cc(O)c(-c2cn3ccc(N4CCN(S(=O)(=O)C5CC5)CC4)cc3n2)cc1Cl. The summed E-state index contributed by atoms with van der Waals surface area (Å²) in [5, 5.41) is 10.6. The van der Waals surface area contributed by atoms with E-state index >= 15 is 0 Å². The zero-order chi connectivity index (χ0) is 21.8. The molecular formula is C21H23ClN4O4S. The standard InChI is InChI=1S/C21H23ClN4O4S/c1-30-20-12-19(27)16(11-17(20)22)18-13-25-5-4-14(10-21(25)23-18)24-6-8-26(9-7-24)31(28,29)15-2-3-15/h4-5,10-13,15,27H,2-3,6-9H2,1H3. The average molecular weight is 463 g/mol. The number of phenols is 1. The first-order chi connectivity index (χ1) is 14.9. The van der Waals surface area contributed by atoms with Crippen LogP contribution in [0.4, 0.5) is 5.69 Å². The minimum atomic E-state index is -3.12. The molecule has 0 spiro atoms. The first-order valence-electron chi connectivity index (χ1n) is 10.2. The number of phenolic OH excluding ortho intramolecular Hbond substituents is 1. The van der Waals surface area contributed by atoms with Crippen molar-refractivity contribution in [3.05, 3.63) is 41.7 Å². The molecule has 1 saturated carbocycles. The molecule has 5 rings (SSSR count). The molecular weight excluding hydrogens is 440 g/mol. The van der Waals surface area contributed by atoms with Crippen molar-refractivity contribution >= 4 is 33.0 Å². The van der Waals surface area contributed by atoms with Gasteiger partial charge in [-0.1, -0.05) is 11.6 Å². The lowest BCUT2D eigenvalue weighted by molar-refractivity contribution is 0.384. The predicted octanol–water partition coefficient (Wildman–Crippen LogP) is 2.98. The van der Waals surface area contributed by atoms with Crippen LogP contribution in [0.25, 0.3) is 16.9 Å². The summed E-state index contributed by atoms with van der Waals surface area (Å²) in [5.41, 5.74) is 2.84. The van der Waals surface area contributed by atoms with Crippen LogP contribution in [-0.2, 0) is 10.0 Å². The maximum Gasteiger partial charge on any atom is 0.217 e. The molecule has 2 aliphatic rings. The van der Waals surface area contributed by atoms with E-state index in [2.05, 4.69) is 9.88 Å². The highest BCUT2D eigenvalue weighted by molar-refractivity contribution is 7.90. The normalized spacial score (nSPS) is 17.9. The number of hydrogen-bond donors (Lipinski definition) is 1. The van der Waals surface area contributed by atoms with Gasteiger partial charge in [-0.25, -0.2) is 13.4 Å². The fraction of sp³-hybridized carbons (Fsp3) is 0.381. The van der Waals surface area contributed by atoms with Crippen LogP contribution < -0.4 is 9.64 Å². The Hall–Kier alpha value is -2.49. The van der Waals surface area contributed by atoms with Crippen molar-refractivity contribution < 1.29 is 18.3 Å². The van der Waals surface area contributed by atoms with Gasteiger partial charge in [0.15, 0.2) is 0 Å². The van der Waals surface area contributed by atoms with Crippen molar-refractivity contribution in [3.63, 3.8) is 0 Å². The van der Waals surface area contributed by atoms with Gasteiger partial charge < -0.3 is 19.1 Å². The van der Waals surface area contributed by atoms with Gasteiger partial charge in [-0.05, 0) is 25.0 Å². The van der Waals surface area contributed by atoms with Crippen LogP contribution in [0.1, 0.15) is 12.8 Å². The van der Waals surface area contributed by atoms with Crippen LogP contribution >= 0.6 is 11.6 Å². The van der Waals surface area contributed by atoms with Gasteiger partial charge in [-0.2, -0.15) is 4.31 Å². The van der Waals surface area contributed by atoms with E-state index < -0.39 is 10.0 Å². The van der Waals surface area contributed by atoms with Crippen LogP contribution in [-0.4, -0.2) is 65.8 Å². The summed E-state index contributed by atoms with van der Waals surface area (Å²) in [6.07, 6.45) is 5.32. The van der Waals surface area contributed by atoms with Crippen LogP contribution in [0.3, 0.4) is 0 Å². The molecule has 1 aliphatic carbocycles. The molecule has 0 bridgehead atoms. The number of hydrogen-bond acceptors (Lipinski definition) is 6. The number of pyridine rings is 1. The van der Waals surface area contributed by atoms with E-state index in [4.69, 9.17) is 16.3 Å². The smallest absolute Gasteiger partial charge is 0.217 e. The van der Waals surface area contributed by atoms with E-state index in [-0.39, 0.29) is 11.0 Å². The van der Waals surface area contributed by atoms with Crippen LogP contribution in [0.5, 0.6) is 11.5 Å². The molecule has 0 amide bonds. The van der Waals surface area contributed by atoms with Gasteiger partial charge in [-0.3, -0.25) is 0 Å². The first kappa shape index (κ1) is 20.4. The fourth-order valence-corrected chi connectivity index (χ4v) is 6.05. The number of imidazole rings is 1. The molecule has 2 fully saturated rings. The third kappa shape index (κ3) is 3.71. The van der Waals surface area contributed by atoms with Gasteiger partial charge in [-0.15, -0.1) is 0 Å². The van der Waals surface area contributed by atoms with E-state index in [1.54, 1.807) is 10.4 Å². The van der Waals surface area contributed by atoms with Crippen molar-refractivity contribution in [2.24, 2.45) is 0 Å². The van der Waals surface area contributed by atoms with Gasteiger partial charge >= 0.3 is 0 Å². The van der Waals surface area contributed by atoms with Gasteiger partial charge in [0.25, 0.3) is 0 Å². The number of benzene rings is 1. The third-order valence-electron chi connectivity index (χ3n) is 5.90. The van der Waals surface area contributed by atoms with E-state index in [0.29, 0.717) is 48.2 Å². The lowest BCUT2D eigenvalue weighted by atomic mass is 10.1. The van der Waals surface area contributed by atoms with E-state index in [0.717, 1.165) is 24.2 Å². The summed E-state index contributed by atoms with van der Waals surface area (Å²) >= 11 is 6.22. The highest BCUT2D eigenvalue weighted by atomic mass is 35.5. The van der Waals surface area contributed by atoms with E-state index in [1.807, 2.05) is 28.9 Å². The van der Waals surface area contributed by atoms with Crippen LogP contribution in [0.2, 0.25) is 5.02 Å². The number of aromatic nitrogens is 2. The topological polar surface area (TPSA) is 87.4 Å². The summed E-state index contributed by atoms with van der Waals surface area (Å²) in [7, 11) is -1.63. The molecule has 10 heteroatoms. The molecule has 8 nitrogen and oxygen atoms in total.